The molecule has 0 aliphatic carbocycles. The molecule has 7 heteroatoms. The molecule has 0 radical (unpaired) electrons. The lowest BCUT2D eigenvalue weighted by Crippen LogP contribution is -2.26. The van der Waals surface area contributed by atoms with Crippen molar-refractivity contribution in [1.29, 1.82) is 0 Å². The number of likely N-dealkylation sites (N-methyl/N-ethyl adjacent to an activating group) is 1. The molecule has 0 unspecified atom stereocenters. The van der Waals surface area contributed by atoms with Crippen molar-refractivity contribution >= 4 is 28.4 Å². The molecule has 0 spiro atoms. The first kappa shape index (κ1) is 14.8. The first-order valence-corrected chi connectivity index (χ1v) is 7.14. The largest absolute Gasteiger partial charge is 0.361 e. The van der Waals surface area contributed by atoms with Crippen LogP contribution in [0, 0.1) is 0 Å². The van der Waals surface area contributed by atoms with Crippen LogP contribution in [-0.2, 0) is 11.3 Å². The van der Waals surface area contributed by atoms with Crippen LogP contribution in [0.15, 0.2) is 42.9 Å². The third-order valence-corrected chi connectivity index (χ3v) is 3.50. The summed E-state index contributed by atoms with van der Waals surface area (Å²) in [6, 6.07) is 7.40. The average molecular weight is 311 g/mol. The van der Waals surface area contributed by atoms with Crippen molar-refractivity contribution in [2.24, 2.45) is 0 Å². The summed E-state index contributed by atoms with van der Waals surface area (Å²) in [5, 5.41) is 7.90. The molecule has 23 heavy (non-hydrogen) atoms. The minimum absolute atomic E-state index is 0.0665. The third kappa shape index (κ3) is 3.23. The number of aromatic amines is 1. The molecule has 0 aliphatic heterocycles. The predicted molar refractivity (Wildman–Crippen MR) is 87.2 cm³/mol. The zero-order chi connectivity index (χ0) is 16.4. The van der Waals surface area contributed by atoms with Gasteiger partial charge in [0.1, 0.15) is 6.54 Å². The normalized spacial score (nSPS) is 10.7. The molecule has 0 atom stereocenters. The van der Waals surface area contributed by atoms with E-state index in [4.69, 9.17) is 0 Å². The van der Waals surface area contributed by atoms with Crippen molar-refractivity contribution in [3.05, 3.63) is 48.4 Å². The van der Waals surface area contributed by atoms with Crippen molar-refractivity contribution in [2.75, 3.05) is 19.4 Å². The first-order chi connectivity index (χ1) is 11.0. The van der Waals surface area contributed by atoms with Gasteiger partial charge in [-0.05, 0) is 23.6 Å². The average Bonchev–Trinajstić information content (AvgIpc) is 3.15. The van der Waals surface area contributed by atoms with E-state index in [1.807, 2.05) is 18.3 Å². The minimum atomic E-state index is -0.222. The molecule has 0 aliphatic rings. The van der Waals surface area contributed by atoms with Gasteiger partial charge in [0.15, 0.2) is 0 Å². The molecule has 0 bridgehead atoms. The van der Waals surface area contributed by atoms with Gasteiger partial charge in [0.2, 0.25) is 5.91 Å². The van der Waals surface area contributed by atoms with Crippen LogP contribution >= 0.6 is 0 Å². The number of hydrogen-bond donors (Lipinski definition) is 2. The molecular formula is C16H17N5O2. The SMILES string of the molecule is CN(C)C(=O)Cn1cc(NC(=O)c2ccc3cc[nH]c3c2)cn1. The predicted octanol–water partition coefficient (Wildman–Crippen LogP) is 1.70. The van der Waals surface area contributed by atoms with Crippen molar-refractivity contribution in [1.82, 2.24) is 19.7 Å². The Hall–Kier alpha value is -3.09. The summed E-state index contributed by atoms with van der Waals surface area (Å²) >= 11 is 0. The zero-order valence-corrected chi connectivity index (χ0v) is 12.9. The number of fused-ring (bicyclic) bond motifs is 1. The van der Waals surface area contributed by atoms with Crippen molar-refractivity contribution in [3.8, 4) is 0 Å². The Bertz CT molecular complexity index is 862. The number of nitrogens with one attached hydrogen (secondary N) is 2. The molecule has 2 aromatic heterocycles. The summed E-state index contributed by atoms with van der Waals surface area (Å²) < 4.78 is 1.49. The Balaban J connectivity index is 1.70. The second kappa shape index (κ2) is 5.96. The highest BCUT2D eigenvalue weighted by molar-refractivity contribution is 6.06. The first-order valence-electron chi connectivity index (χ1n) is 7.14. The van der Waals surface area contributed by atoms with Gasteiger partial charge in [-0.25, -0.2) is 0 Å². The van der Waals surface area contributed by atoms with Crippen LogP contribution in [0.2, 0.25) is 0 Å². The molecular weight excluding hydrogens is 294 g/mol. The van der Waals surface area contributed by atoms with E-state index in [0.29, 0.717) is 11.3 Å². The van der Waals surface area contributed by atoms with Crippen LogP contribution in [0.4, 0.5) is 5.69 Å². The number of aromatic nitrogens is 3. The molecule has 2 amide bonds. The summed E-state index contributed by atoms with van der Waals surface area (Å²) in [5.74, 6) is -0.289. The van der Waals surface area contributed by atoms with E-state index in [0.717, 1.165) is 10.9 Å². The van der Waals surface area contributed by atoms with Crippen molar-refractivity contribution in [3.63, 3.8) is 0 Å². The second-order valence-corrected chi connectivity index (χ2v) is 5.45. The number of carbonyl (C=O) groups is 2. The fraction of sp³-hybridized carbons (Fsp3) is 0.188. The van der Waals surface area contributed by atoms with Gasteiger partial charge < -0.3 is 15.2 Å². The number of nitrogens with zero attached hydrogens (tertiary/aromatic N) is 3. The third-order valence-electron chi connectivity index (χ3n) is 3.50. The summed E-state index contributed by atoms with van der Waals surface area (Å²) in [7, 11) is 3.37. The topological polar surface area (TPSA) is 83.0 Å². The van der Waals surface area contributed by atoms with Gasteiger partial charge >= 0.3 is 0 Å². The highest BCUT2D eigenvalue weighted by Crippen LogP contribution is 2.15. The van der Waals surface area contributed by atoms with Crippen LogP contribution in [0.3, 0.4) is 0 Å². The standard InChI is InChI=1S/C16H17N5O2/c1-20(2)15(22)10-21-9-13(8-18-21)19-16(23)12-4-3-11-5-6-17-14(11)7-12/h3-9,17H,10H2,1-2H3,(H,19,23). The monoisotopic (exact) mass is 311 g/mol. The van der Waals surface area contributed by atoms with Crippen LogP contribution in [-0.4, -0.2) is 45.6 Å². The maximum absolute atomic E-state index is 12.3. The number of hydrogen-bond acceptors (Lipinski definition) is 3. The summed E-state index contributed by atoms with van der Waals surface area (Å²) in [5.41, 5.74) is 2.01. The number of carbonyl (C=O) groups excluding carboxylic acids is 2. The lowest BCUT2D eigenvalue weighted by atomic mass is 10.1. The van der Waals surface area contributed by atoms with E-state index in [2.05, 4.69) is 15.4 Å². The molecule has 2 heterocycles. The lowest BCUT2D eigenvalue weighted by molar-refractivity contribution is -0.129. The van der Waals surface area contributed by atoms with Gasteiger partial charge in [-0.1, -0.05) is 6.07 Å². The smallest absolute Gasteiger partial charge is 0.255 e. The minimum Gasteiger partial charge on any atom is -0.361 e. The lowest BCUT2D eigenvalue weighted by Gasteiger charge is -2.09. The zero-order valence-electron chi connectivity index (χ0n) is 12.9. The van der Waals surface area contributed by atoms with Crippen LogP contribution in [0.5, 0.6) is 0 Å². The van der Waals surface area contributed by atoms with E-state index >= 15 is 0 Å². The van der Waals surface area contributed by atoms with Gasteiger partial charge in [-0.2, -0.15) is 5.10 Å². The van der Waals surface area contributed by atoms with E-state index in [9.17, 15) is 9.59 Å². The molecule has 0 fully saturated rings. The van der Waals surface area contributed by atoms with E-state index in [1.54, 1.807) is 32.4 Å². The molecule has 1 aromatic carbocycles. The fourth-order valence-electron chi connectivity index (χ4n) is 2.19. The molecule has 0 saturated carbocycles. The maximum atomic E-state index is 12.3. The molecule has 7 nitrogen and oxygen atoms in total. The van der Waals surface area contributed by atoms with Crippen molar-refractivity contribution < 1.29 is 9.59 Å². The van der Waals surface area contributed by atoms with E-state index in [1.165, 1.54) is 15.8 Å². The van der Waals surface area contributed by atoms with Crippen LogP contribution in [0.1, 0.15) is 10.4 Å². The Morgan fingerprint density at radius 1 is 1.30 bits per heavy atom. The van der Waals surface area contributed by atoms with Gasteiger partial charge in [0.05, 0.1) is 11.9 Å². The van der Waals surface area contributed by atoms with Gasteiger partial charge in [0.25, 0.3) is 5.91 Å². The molecule has 0 saturated heterocycles. The molecule has 2 N–H and O–H groups in total. The molecule has 3 aromatic rings. The molecule has 118 valence electrons. The Morgan fingerprint density at radius 3 is 2.91 bits per heavy atom. The quantitative estimate of drug-likeness (QED) is 0.769. The van der Waals surface area contributed by atoms with E-state index in [-0.39, 0.29) is 18.4 Å². The number of H-pyrrole nitrogens is 1. The second-order valence-electron chi connectivity index (χ2n) is 5.45. The summed E-state index contributed by atoms with van der Waals surface area (Å²) in [6.45, 7) is 0.136. The highest BCUT2D eigenvalue weighted by Gasteiger charge is 2.10. The maximum Gasteiger partial charge on any atom is 0.255 e. The summed E-state index contributed by atoms with van der Waals surface area (Å²) in [6.07, 6.45) is 4.98. The fourth-order valence-corrected chi connectivity index (χ4v) is 2.19. The Morgan fingerprint density at radius 2 is 2.13 bits per heavy atom. The van der Waals surface area contributed by atoms with Gasteiger partial charge in [-0.15, -0.1) is 0 Å². The highest BCUT2D eigenvalue weighted by atomic mass is 16.2. The summed E-state index contributed by atoms with van der Waals surface area (Å²) in [4.78, 5) is 28.5. The van der Waals surface area contributed by atoms with Gasteiger partial charge in [0, 0.05) is 37.6 Å². The van der Waals surface area contributed by atoms with Crippen molar-refractivity contribution in [2.45, 2.75) is 6.54 Å². The van der Waals surface area contributed by atoms with E-state index < -0.39 is 0 Å². The molecule has 3 rings (SSSR count). The number of benzene rings is 1. The van der Waals surface area contributed by atoms with Crippen LogP contribution < -0.4 is 5.32 Å². The number of rotatable bonds is 4. The number of anilines is 1. The Kier molecular flexibility index (Phi) is 3.84. The van der Waals surface area contributed by atoms with Crippen LogP contribution in [0.25, 0.3) is 10.9 Å². The number of amides is 2. The van der Waals surface area contributed by atoms with Gasteiger partial charge in [-0.3, -0.25) is 14.3 Å². The Labute approximate surface area is 132 Å².